The minimum atomic E-state index is -0.484. The molecule has 5 nitrogen and oxygen atoms in total. The number of benzene rings is 1. The second kappa shape index (κ2) is 7.94. The average Bonchev–Trinajstić information content (AvgIpc) is 3.04. The van der Waals surface area contributed by atoms with Crippen molar-refractivity contribution in [3.05, 3.63) is 35.4 Å². The topological polar surface area (TPSA) is 64.6 Å². The number of ether oxygens (including phenoxy) is 2. The van der Waals surface area contributed by atoms with Crippen molar-refractivity contribution in [1.29, 1.82) is 0 Å². The minimum absolute atomic E-state index is 0.0863. The number of carbonyl (C=O) groups excluding carboxylic acids is 2. The minimum Gasteiger partial charge on any atom is -0.452 e. The first-order valence-corrected chi connectivity index (χ1v) is 7.71. The van der Waals surface area contributed by atoms with Crippen molar-refractivity contribution >= 4 is 11.9 Å². The van der Waals surface area contributed by atoms with E-state index in [9.17, 15) is 9.59 Å². The monoisotopic (exact) mass is 305 g/mol. The van der Waals surface area contributed by atoms with Crippen LogP contribution in [-0.4, -0.2) is 37.7 Å². The normalized spacial score (nSPS) is 17.5. The van der Waals surface area contributed by atoms with E-state index in [0.29, 0.717) is 18.0 Å². The molecule has 1 saturated heterocycles. The van der Waals surface area contributed by atoms with E-state index < -0.39 is 5.97 Å². The maximum atomic E-state index is 11.9. The van der Waals surface area contributed by atoms with Gasteiger partial charge in [0.25, 0.3) is 5.91 Å². The molecule has 22 heavy (non-hydrogen) atoms. The van der Waals surface area contributed by atoms with Gasteiger partial charge in [0.05, 0.1) is 11.7 Å². The van der Waals surface area contributed by atoms with E-state index in [0.717, 1.165) is 25.0 Å². The van der Waals surface area contributed by atoms with E-state index in [1.54, 1.807) is 12.1 Å². The molecule has 120 valence electrons. The molecule has 0 unspecified atom stereocenters. The third kappa shape index (κ3) is 4.84. The fourth-order valence-corrected chi connectivity index (χ4v) is 2.30. The first-order valence-electron chi connectivity index (χ1n) is 7.71. The molecule has 5 heteroatoms. The highest BCUT2D eigenvalue weighted by Crippen LogP contribution is 2.15. The molecule has 0 aliphatic carbocycles. The molecule has 1 aromatic rings. The van der Waals surface area contributed by atoms with Crippen molar-refractivity contribution in [2.24, 2.45) is 0 Å². The number of nitrogens with one attached hydrogen (secondary N) is 1. The summed E-state index contributed by atoms with van der Waals surface area (Å²) in [6.45, 7) is 5.14. The molecule has 2 rings (SSSR count). The fraction of sp³-hybridized carbons (Fsp3) is 0.529. The zero-order valence-corrected chi connectivity index (χ0v) is 13.1. The molecule has 0 spiro atoms. The lowest BCUT2D eigenvalue weighted by atomic mass is 10.0. The summed E-state index contributed by atoms with van der Waals surface area (Å²) in [5, 5.41) is 2.71. The Morgan fingerprint density at radius 2 is 2.05 bits per heavy atom. The molecule has 1 aliphatic rings. The molecule has 1 amide bonds. The maximum absolute atomic E-state index is 11.9. The van der Waals surface area contributed by atoms with Gasteiger partial charge < -0.3 is 14.8 Å². The molecular formula is C17H23NO4. The van der Waals surface area contributed by atoms with E-state index in [1.165, 1.54) is 0 Å². The van der Waals surface area contributed by atoms with E-state index in [1.807, 2.05) is 12.1 Å². The summed E-state index contributed by atoms with van der Waals surface area (Å²) in [6, 6.07) is 7.25. The van der Waals surface area contributed by atoms with Gasteiger partial charge in [-0.2, -0.15) is 0 Å². The lowest BCUT2D eigenvalue weighted by Gasteiger charge is -2.11. The summed E-state index contributed by atoms with van der Waals surface area (Å²) >= 11 is 0. The zero-order valence-electron chi connectivity index (χ0n) is 13.1. The highest BCUT2D eigenvalue weighted by molar-refractivity contribution is 5.91. The van der Waals surface area contributed by atoms with E-state index in [-0.39, 0.29) is 18.6 Å². The molecule has 1 N–H and O–H groups in total. The molecule has 1 aromatic carbocycles. The second-order valence-corrected chi connectivity index (χ2v) is 5.79. The Morgan fingerprint density at radius 3 is 2.64 bits per heavy atom. The Labute approximate surface area is 131 Å². The first-order chi connectivity index (χ1) is 10.6. The van der Waals surface area contributed by atoms with Crippen molar-refractivity contribution in [1.82, 2.24) is 5.32 Å². The van der Waals surface area contributed by atoms with Gasteiger partial charge in [-0.15, -0.1) is 0 Å². The van der Waals surface area contributed by atoms with Crippen LogP contribution in [0.5, 0.6) is 0 Å². The van der Waals surface area contributed by atoms with E-state index in [4.69, 9.17) is 9.47 Å². The van der Waals surface area contributed by atoms with Crippen molar-refractivity contribution in [3.63, 3.8) is 0 Å². The van der Waals surface area contributed by atoms with Gasteiger partial charge in [-0.3, -0.25) is 4.79 Å². The molecule has 1 fully saturated rings. The predicted octanol–water partition coefficient (Wildman–Crippen LogP) is 2.26. The first kappa shape index (κ1) is 16.5. The SMILES string of the molecule is CC(C)c1ccc(C(=O)OCC(=O)NC[C@H]2CCCO2)cc1. The van der Waals surface area contributed by atoms with Crippen LogP contribution in [0.3, 0.4) is 0 Å². The number of hydrogen-bond acceptors (Lipinski definition) is 4. The number of hydrogen-bond donors (Lipinski definition) is 1. The molecule has 0 saturated carbocycles. The van der Waals surface area contributed by atoms with Gasteiger partial charge in [-0.1, -0.05) is 26.0 Å². The molecule has 0 aromatic heterocycles. The van der Waals surface area contributed by atoms with Crippen LogP contribution in [0.15, 0.2) is 24.3 Å². The van der Waals surface area contributed by atoms with Gasteiger partial charge in [0.15, 0.2) is 6.61 Å². The Morgan fingerprint density at radius 1 is 1.32 bits per heavy atom. The van der Waals surface area contributed by atoms with Crippen LogP contribution in [0.25, 0.3) is 0 Å². The summed E-state index contributed by atoms with van der Waals surface area (Å²) in [7, 11) is 0. The molecule has 1 heterocycles. The van der Waals surface area contributed by atoms with E-state index in [2.05, 4.69) is 19.2 Å². The van der Waals surface area contributed by atoms with Crippen LogP contribution in [0.1, 0.15) is 48.5 Å². The van der Waals surface area contributed by atoms with Gasteiger partial charge in [0.1, 0.15) is 0 Å². The van der Waals surface area contributed by atoms with Crippen LogP contribution >= 0.6 is 0 Å². The van der Waals surface area contributed by atoms with Crippen molar-refractivity contribution in [3.8, 4) is 0 Å². The average molecular weight is 305 g/mol. The standard InChI is InChI=1S/C17H23NO4/c1-12(2)13-5-7-14(8-6-13)17(20)22-11-16(19)18-10-15-4-3-9-21-15/h5-8,12,15H,3-4,9-11H2,1-2H3,(H,18,19)/t15-/m1/s1. The summed E-state index contributed by atoms with van der Waals surface area (Å²) in [6.07, 6.45) is 2.08. The van der Waals surface area contributed by atoms with Gasteiger partial charge in [0, 0.05) is 13.2 Å². The summed E-state index contributed by atoms with van der Waals surface area (Å²) < 4.78 is 10.4. The van der Waals surface area contributed by atoms with Crippen molar-refractivity contribution < 1.29 is 19.1 Å². The molecule has 0 bridgehead atoms. The molecular weight excluding hydrogens is 282 g/mol. The Hall–Kier alpha value is -1.88. The van der Waals surface area contributed by atoms with Crippen molar-refractivity contribution in [2.75, 3.05) is 19.8 Å². The predicted molar refractivity (Wildman–Crippen MR) is 82.8 cm³/mol. The largest absolute Gasteiger partial charge is 0.452 e. The van der Waals surface area contributed by atoms with Crippen LogP contribution in [0.2, 0.25) is 0 Å². The molecule has 0 radical (unpaired) electrons. The van der Waals surface area contributed by atoms with Crippen molar-refractivity contribution in [2.45, 2.75) is 38.7 Å². The Balaban J connectivity index is 1.73. The van der Waals surface area contributed by atoms with Crippen LogP contribution in [0.4, 0.5) is 0 Å². The third-order valence-corrected chi connectivity index (χ3v) is 3.70. The molecule has 1 aliphatic heterocycles. The smallest absolute Gasteiger partial charge is 0.338 e. The van der Waals surface area contributed by atoms with Gasteiger partial charge >= 0.3 is 5.97 Å². The van der Waals surface area contributed by atoms with Gasteiger partial charge in [0.2, 0.25) is 0 Å². The second-order valence-electron chi connectivity index (χ2n) is 5.79. The lowest BCUT2D eigenvalue weighted by molar-refractivity contribution is -0.124. The van der Waals surface area contributed by atoms with Gasteiger partial charge in [-0.05, 0) is 36.5 Å². The van der Waals surface area contributed by atoms with Crippen LogP contribution < -0.4 is 5.32 Å². The number of carbonyl (C=O) groups is 2. The zero-order chi connectivity index (χ0) is 15.9. The summed E-state index contributed by atoms with van der Waals surface area (Å²) in [5.41, 5.74) is 1.61. The third-order valence-electron chi connectivity index (χ3n) is 3.70. The Bertz CT molecular complexity index is 504. The quantitative estimate of drug-likeness (QED) is 0.819. The fourth-order valence-electron chi connectivity index (χ4n) is 2.30. The summed E-state index contributed by atoms with van der Waals surface area (Å²) in [4.78, 5) is 23.5. The highest BCUT2D eigenvalue weighted by Gasteiger charge is 2.17. The summed E-state index contributed by atoms with van der Waals surface area (Å²) in [5.74, 6) is -0.376. The number of rotatable bonds is 6. The highest BCUT2D eigenvalue weighted by atomic mass is 16.5. The number of amides is 1. The van der Waals surface area contributed by atoms with Crippen LogP contribution in [0, 0.1) is 0 Å². The van der Waals surface area contributed by atoms with E-state index >= 15 is 0 Å². The number of esters is 1. The maximum Gasteiger partial charge on any atom is 0.338 e. The molecule has 1 atom stereocenters. The Kier molecular flexibility index (Phi) is 5.95. The van der Waals surface area contributed by atoms with Crippen LogP contribution in [-0.2, 0) is 14.3 Å². The van der Waals surface area contributed by atoms with Gasteiger partial charge in [-0.25, -0.2) is 4.79 Å². The lowest BCUT2D eigenvalue weighted by Crippen LogP contribution is -2.34.